The largest absolute Gasteiger partial charge is 0.309 e. The lowest BCUT2D eigenvalue weighted by molar-refractivity contribution is 0.585. The minimum Gasteiger partial charge on any atom is -0.309 e. The molecule has 0 saturated carbocycles. The number of aromatic nitrogens is 2. The van der Waals surface area contributed by atoms with E-state index in [9.17, 15) is 8.78 Å². The van der Waals surface area contributed by atoms with Gasteiger partial charge in [0, 0.05) is 17.7 Å². The molecule has 1 aliphatic rings. The predicted molar refractivity (Wildman–Crippen MR) is 68.7 cm³/mol. The summed E-state index contributed by atoms with van der Waals surface area (Å²) in [5.41, 5.74) is 2.81. The van der Waals surface area contributed by atoms with Crippen LogP contribution in [0.1, 0.15) is 30.1 Å². The highest BCUT2D eigenvalue weighted by atomic mass is 19.1. The summed E-state index contributed by atoms with van der Waals surface area (Å²) in [5.74, 6) is -1.16. The molecule has 1 unspecified atom stereocenters. The smallest absolute Gasteiger partial charge is 0.135 e. The Bertz CT molecular complexity index is 601. The first-order valence-electron chi connectivity index (χ1n) is 6.40. The van der Waals surface area contributed by atoms with Crippen LogP contribution in [-0.4, -0.2) is 16.7 Å². The van der Waals surface area contributed by atoms with Gasteiger partial charge >= 0.3 is 0 Å². The molecule has 1 aliphatic heterocycles. The fraction of sp³-hybridized carbons (Fsp3) is 0.357. The van der Waals surface area contributed by atoms with Gasteiger partial charge in [-0.05, 0) is 44.0 Å². The van der Waals surface area contributed by atoms with Gasteiger partial charge in [-0.1, -0.05) is 0 Å². The van der Waals surface area contributed by atoms with Crippen LogP contribution >= 0.6 is 0 Å². The van der Waals surface area contributed by atoms with Gasteiger partial charge in [0.1, 0.15) is 11.6 Å². The number of benzene rings is 1. The first-order valence-corrected chi connectivity index (χ1v) is 6.40. The van der Waals surface area contributed by atoms with Gasteiger partial charge in [-0.2, -0.15) is 5.10 Å². The summed E-state index contributed by atoms with van der Waals surface area (Å²) in [6.07, 6.45) is 2.18. The summed E-state index contributed by atoms with van der Waals surface area (Å²) < 4.78 is 26.7. The fourth-order valence-corrected chi connectivity index (χ4v) is 2.63. The third kappa shape index (κ3) is 2.14. The number of halogens is 2. The van der Waals surface area contributed by atoms with Crippen LogP contribution in [0.4, 0.5) is 8.78 Å². The lowest BCUT2D eigenvalue weighted by Crippen LogP contribution is -2.14. The highest BCUT2D eigenvalue weighted by Gasteiger charge is 2.23. The second-order valence-electron chi connectivity index (χ2n) is 4.88. The van der Waals surface area contributed by atoms with Crippen LogP contribution in [0.25, 0.3) is 11.3 Å². The molecule has 1 saturated heterocycles. The molecule has 0 spiro atoms. The lowest BCUT2D eigenvalue weighted by Gasteiger charge is -2.09. The van der Waals surface area contributed by atoms with Gasteiger partial charge < -0.3 is 5.32 Å². The van der Waals surface area contributed by atoms with E-state index in [-0.39, 0.29) is 6.04 Å². The van der Waals surface area contributed by atoms with E-state index in [0.29, 0.717) is 11.3 Å². The molecular weight excluding hydrogens is 248 g/mol. The molecule has 1 fully saturated rings. The van der Waals surface area contributed by atoms with Gasteiger partial charge in [-0.25, -0.2) is 8.78 Å². The van der Waals surface area contributed by atoms with Gasteiger partial charge in [0.2, 0.25) is 0 Å². The Morgan fingerprint density at radius 3 is 2.84 bits per heavy atom. The highest BCUT2D eigenvalue weighted by Crippen LogP contribution is 2.31. The number of nitrogens with zero attached hydrogens (tertiary/aromatic N) is 1. The molecule has 0 amide bonds. The second kappa shape index (κ2) is 4.74. The van der Waals surface area contributed by atoms with Crippen LogP contribution in [0, 0.1) is 18.6 Å². The second-order valence-corrected chi connectivity index (χ2v) is 4.88. The van der Waals surface area contributed by atoms with Gasteiger partial charge in [0.15, 0.2) is 0 Å². The third-order valence-corrected chi connectivity index (χ3v) is 3.64. The minimum atomic E-state index is -0.583. The zero-order valence-electron chi connectivity index (χ0n) is 10.6. The van der Waals surface area contributed by atoms with Gasteiger partial charge in [-0.3, -0.25) is 5.10 Å². The first kappa shape index (κ1) is 12.3. The molecule has 1 aromatic heterocycles. The molecule has 1 aromatic carbocycles. The van der Waals surface area contributed by atoms with Crippen LogP contribution < -0.4 is 5.32 Å². The zero-order chi connectivity index (χ0) is 13.4. The molecule has 0 aliphatic carbocycles. The quantitative estimate of drug-likeness (QED) is 0.874. The van der Waals surface area contributed by atoms with Crippen LogP contribution in [-0.2, 0) is 0 Å². The third-order valence-electron chi connectivity index (χ3n) is 3.64. The number of nitrogens with one attached hydrogen (secondary N) is 2. The van der Waals surface area contributed by atoms with E-state index in [1.165, 1.54) is 12.1 Å². The Kier molecular flexibility index (Phi) is 3.06. The summed E-state index contributed by atoms with van der Waals surface area (Å²) >= 11 is 0. The van der Waals surface area contributed by atoms with E-state index < -0.39 is 11.6 Å². The molecule has 0 bridgehead atoms. The summed E-state index contributed by atoms with van der Waals surface area (Å²) in [4.78, 5) is 0. The Balaban J connectivity index is 2.01. The topological polar surface area (TPSA) is 40.7 Å². The Morgan fingerprint density at radius 2 is 2.16 bits per heavy atom. The summed E-state index contributed by atoms with van der Waals surface area (Å²) in [6, 6.07) is 3.82. The predicted octanol–water partition coefficient (Wildman–Crippen LogP) is 3.09. The van der Waals surface area contributed by atoms with E-state index in [0.717, 1.165) is 36.7 Å². The molecular formula is C14H15F2N3. The van der Waals surface area contributed by atoms with E-state index in [2.05, 4.69) is 15.5 Å². The molecule has 2 N–H and O–H groups in total. The number of hydrogen-bond donors (Lipinski definition) is 2. The van der Waals surface area contributed by atoms with E-state index in [4.69, 9.17) is 0 Å². The number of H-pyrrole nitrogens is 1. The maximum absolute atomic E-state index is 13.8. The summed E-state index contributed by atoms with van der Waals surface area (Å²) in [5, 5.41) is 10.6. The standard InChI is InChI=1S/C14H15F2N3/c1-8-13(10-5-4-9(15)7-11(10)16)18-19-14(8)12-3-2-6-17-12/h4-5,7,12,17H,2-3,6H2,1H3,(H,18,19). The van der Waals surface area contributed by atoms with Crippen molar-refractivity contribution in [3.63, 3.8) is 0 Å². The maximum atomic E-state index is 13.8. The van der Waals surface area contributed by atoms with Crippen molar-refractivity contribution >= 4 is 0 Å². The average Bonchev–Trinajstić information content (AvgIpc) is 2.99. The minimum absolute atomic E-state index is 0.254. The molecule has 0 radical (unpaired) electrons. The van der Waals surface area contributed by atoms with E-state index in [1.54, 1.807) is 0 Å². The number of rotatable bonds is 2. The first-order chi connectivity index (χ1) is 9.16. The molecule has 19 heavy (non-hydrogen) atoms. The highest BCUT2D eigenvalue weighted by molar-refractivity contribution is 5.64. The van der Waals surface area contributed by atoms with Crippen molar-refractivity contribution in [1.29, 1.82) is 0 Å². The molecule has 100 valence electrons. The van der Waals surface area contributed by atoms with Crippen molar-refractivity contribution in [2.24, 2.45) is 0 Å². The average molecular weight is 263 g/mol. The Hall–Kier alpha value is -1.75. The van der Waals surface area contributed by atoms with Crippen LogP contribution in [0.5, 0.6) is 0 Å². The van der Waals surface area contributed by atoms with Crippen molar-refractivity contribution in [3.8, 4) is 11.3 Å². The van der Waals surface area contributed by atoms with Gasteiger partial charge in [-0.15, -0.1) is 0 Å². The molecule has 1 atom stereocenters. The Morgan fingerprint density at radius 1 is 1.32 bits per heavy atom. The lowest BCUT2D eigenvalue weighted by atomic mass is 10.0. The van der Waals surface area contributed by atoms with Crippen molar-refractivity contribution in [2.75, 3.05) is 6.54 Å². The van der Waals surface area contributed by atoms with Crippen LogP contribution in [0.15, 0.2) is 18.2 Å². The van der Waals surface area contributed by atoms with E-state index in [1.807, 2.05) is 6.92 Å². The molecule has 5 heteroatoms. The van der Waals surface area contributed by atoms with Crippen LogP contribution in [0.3, 0.4) is 0 Å². The molecule has 2 heterocycles. The molecule has 2 aromatic rings. The summed E-state index contributed by atoms with van der Waals surface area (Å²) in [7, 11) is 0. The van der Waals surface area contributed by atoms with Crippen LogP contribution in [0.2, 0.25) is 0 Å². The van der Waals surface area contributed by atoms with E-state index >= 15 is 0 Å². The number of hydrogen-bond acceptors (Lipinski definition) is 2. The number of aromatic amines is 1. The Labute approximate surface area is 110 Å². The van der Waals surface area contributed by atoms with Crippen molar-refractivity contribution in [1.82, 2.24) is 15.5 Å². The van der Waals surface area contributed by atoms with Crippen molar-refractivity contribution in [3.05, 3.63) is 41.1 Å². The fourth-order valence-electron chi connectivity index (χ4n) is 2.63. The molecule has 3 nitrogen and oxygen atoms in total. The normalized spacial score (nSPS) is 19.0. The van der Waals surface area contributed by atoms with Crippen molar-refractivity contribution in [2.45, 2.75) is 25.8 Å². The van der Waals surface area contributed by atoms with Gasteiger partial charge in [0.25, 0.3) is 0 Å². The summed E-state index contributed by atoms with van der Waals surface area (Å²) in [6.45, 7) is 2.90. The SMILES string of the molecule is Cc1c(-c2ccc(F)cc2F)n[nH]c1C1CCCN1. The van der Waals surface area contributed by atoms with Gasteiger partial charge in [0.05, 0.1) is 11.4 Å². The maximum Gasteiger partial charge on any atom is 0.135 e. The molecule has 3 rings (SSSR count). The zero-order valence-corrected chi connectivity index (χ0v) is 10.6. The van der Waals surface area contributed by atoms with Crippen molar-refractivity contribution < 1.29 is 8.78 Å². The monoisotopic (exact) mass is 263 g/mol.